The maximum atomic E-state index is 7.68. The molecule has 0 bridgehead atoms. The van der Waals surface area contributed by atoms with Crippen LogP contribution in [0.4, 0.5) is 0 Å². The molecule has 0 spiro atoms. The van der Waals surface area contributed by atoms with Crippen LogP contribution in [-0.2, 0) is 9.31 Å². The molecule has 0 aromatic carbocycles. The van der Waals surface area contributed by atoms with Gasteiger partial charge in [0.15, 0.2) is 0 Å². The fourth-order valence-corrected chi connectivity index (χ4v) is 1.25. The van der Waals surface area contributed by atoms with Gasteiger partial charge < -0.3 is 13.7 Å². The zero-order chi connectivity index (χ0) is 13.0. The molecule has 0 radical (unpaired) electrons. The third-order valence-electron chi connectivity index (χ3n) is 2.89. The molecule has 4 heteroatoms. The summed E-state index contributed by atoms with van der Waals surface area (Å²) in [5.41, 5.74) is -0.875. The van der Waals surface area contributed by atoms with Crippen LogP contribution >= 0.6 is 0 Å². The zero-order valence-corrected chi connectivity index (χ0v) is 8.80. The summed E-state index contributed by atoms with van der Waals surface area (Å²) in [4.78, 5) is 0. The van der Waals surface area contributed by atoms with E-state index >= 15 is 0 Å². The Labute approximate surface area is 88.7 Å². The summed E-state index contributed by atoms with van der Waals surface area (Å²) in [6, 6.07) is -0.145. The highest BCUT2D eigenvalue weighted by atomic mass is 16.7. The van der Waals surface area contributed by atoms with Gasteiger partial charge in [0.1, 0.15) is 2.74 Å². The van der Waals surface area contributed by atoms with Gasteiger partial charge in [-0.2, -0.15) is 0 Å². The van der Waals surface area contributed by atoms with E-state index < -0.39 is 18.3 Å². The molecule has 1 aromatic heterocycles. The van der Waals surface area contributed by atoms with E-state index in [0.29, 0.717) is 0 Å². The minimum atomic E-state index is -0.817. The van der Waals surface area contributed by atoms with E-state index in [2.05, 4.69) is 0 Å². The summed E-state index contributed by atoms with van der Waals surface area (Å²) >= 11 is 0. The lowest BCUT2D eigenvalue weighted by Gasteiger charge is -2.32. The Balaban J connectivity index is 2.39. The van der Waals surface area contributed by atoms with E-state index in [1.54, 1.807) is 0 Å². The molecular weight excluding hydrogens is 179 g/mol. The second-order valence-corrected chi connectivity index (χ2v) is 4.43. The lowest BCUT2D eigenvalue weighted by atomic mass is 9.81. The second kappa shape index (κ2) is 2.88. The van der Waals surface area contributed by atoms with Crippen LogP contribution in [-0.4, -0.2) is 18.3 Å². The van der Waals surface area contributed by atoms with Crippen molar-refractivity contribution in [1.82, 2.24) is 0 Å². The molecule has 0 N–H and O–H groups in total. The lowest BCUT2D eigenvalue weighted by Crippen LogP contribution is -2.41. The summed E-state index contributed by atoms with van der Waals surface area (Å²) in [7, 11) is -0.817. The fourth-order valence-electron chi connectivity index (χ4n) is 1.25. The van der Waals surface area contributed by atoms with Gasteiger partial charge in [0.25, 0.3) is 0 Å². The Morgan fingerprint density at radius 2 is 1.79 bits per heavy atom. The highest BCUT2D eigenvalue weighted by molar-refractivity contribution is 6.62. The van der Waals surface area contributed by atoms with Gasteiger partial charge in [-0.1, -0.05) is 0 Å². The smallest absolute Gasteiger partial charge is 0.473 e. The lowest BCUT2D eigenvalue weighted by molar-refractivity contribution is 0.00578. The first-order valence-corrected chi connectivity index (χ1v) is 4.58. The monoisotopic (exact) mass is 197 g/mol. The molecule has 2 heterocycles. The minimum absolute atomic E-state index is 0.145. The second-order valence-electron chi connectivity index (χ2n) is 4.43. The normalized spacial score (nSPS) is 27.1. The maximum absolute atomic E-state index is 7.68. The van der Waals surface area contributed by atoms with E-state index in [1.165, 1.54) is 0 Å². The Bertz CT molecular complexity index is 440. The van der Waals surface area contributed by atoms with Crippen LogP contribution in [0.2, 0.25) is 0 Å². The van der Waals surface area contributed by atoms with Gasteiger partial charge in [-0.15, -0.1) is 0 Å². The highest BCUT2D eigenvalue weighted by Gasteiger charge is 2.51. The predicted molar refractivity (Wildman–Crippen MR) is 54.4 cm³/mol. The third kappa shape index (κ3) is 1.39. The van der Waals surface area contributed by atoms with Crippen molar-refractivity contribution in [2.24, 2.45) is 0 Å². The van der Waals surface area contributed by atoms with Crippen molar-refractivity contribution < 1.29 is 17.8 Å². The standard InChI is InChI=1S/C10H15BO3/c1-9(2)10(3,4)14-11(13-9)8-5-6-12-7-8/h5-7H,1-4H3/i5D,6D,7D. The minimum Gasteiger partial charge on any atom is -0.473 e. The van der Waals surface area contributed by atoms with Crippen molar-refractivity contribution in [2.75, 3.05) is 0 Å². The number of hydrogen-bond donors (Lipinski definition) is 0. The van der Waals surface area contributed by atoms with Gasteiger partial charge >= 0.3 is 7.12 Å². The van der Waals surface area contributed by atoms with E-state index in [9.17, 15) is 0 Å². The number of hydrogen-bond acceptors (Lipinski definition) is 3. The number of furan rings is 1. The topological polar surface area (TPSA) is 31.6 Å². The van der Waals surface area contributed by atoms with E-state index in [-0.39, 0.29) is 24.0 Å². The Morgan fingerprint density at radius 3 is 2.21 bits per heavy atom. The summed E-state index contributed by atoms with van der Waals surface area (Å²) in [5, 5.41) is 0. The first-order valence-electron chi connectivity index (χ1n) is 6.08. The molecule has 1 aromatic rings. The molecule has 0 amide bonds. The quantitative estimate of drug-likeness (QED) is 0.640. The summed E-state index contributed by atoms with van der Waals surface area (Å²) in [6.07, 6.45) is -0.571. The first-order chi connectivity index (χ1) is 7.66. The van der Waals surface area contributed by atoms with Crippen LogP contribution in [0, 0.1) is 0 Å². The molecule has 14 heavy (non-hydrogen) atoms. The van der Waals surface area contributed by atoms with Crippen LogP contribution in [0.15, 0.2) is 22.9 Å². The molecule has 1 aliphatic heterocycles. The van der Waals surface area contributed by atoms with Crippen molar-refractivity contribution in [3.05, 3.63) is 18.5 Å². The molecule has 3 nitrogen and oxygen atoms in total. The summed E-state index contributed by atoms with van der Waals surface area (Å²) in [5.74, 6) is 0. The van der Waals surface area contributed by atoms with Crippen LogP contribution < -0.4 is 5.46 Å². The van der Waals surface area contributed by atoms with Crippen molar-refractivity contribution >= 4 is 12.6 Å². The van der Waals surface area contributed by atoms with Gasteiger partial charge in [-0.3, -0.25) is 0 Å². The van der Waals surface area contributed by atoms with Crippen molar-refractivity contribution in [2.45, 2.75) is 38.9 Å². The van der Waals surface area contributed by atoms with E-state index in [4.69, 9.17) is 17.8 Å². The van der Waals surface area contributed by atoms with Crippen LogP contribution in [0.25, 0.3) is 0 Å². The molecular formula is C10H15BO3. The molecule has 2 rings (SSSR count). The third-order valence-corrected chi connectivity index (χ3v) is 2.89. The van der Waals surface area contributed by atoms with Crippen molar-refractivity contribution in [1.29, 1.82) is 0 Å². The van der Waals surface area contributed by atoms with Gasteiger partial charge in [-0.05, 0) is 33.7 Å². The largest absolute Gasteiger partial charge is 0.498 e. The van der Waals surface area contributed by atoms with Crippen LogP contribution in [0.1, 0.15) is 31.8 Å². The molecule has 1 fully saturated rings. The van der Waals surface area contributed by atoms with Gasteiger partial charge in [0.05, 0.1) is 25.1 Å². The van der Waals surface area contributed by atoms with Gasteiger partial charge in [-0.25, -0.2) is 0 Å². The molecule has 76 valence electrons. The zero-order valence-electron chi connectivity index (χ0n) is 11.8. The first kappa shape index (κ1) is 6.69. The predicted octanol–water partition coefficient (Wildman–Crippen LogP) is 1.58. The molecule has 0 atom stereocenters. The van der Waals surface area contributed by atoms with Crippen molar-refractivity contribution in [3.63, 3.8) is 0 Å². The molecule has 1 saturated heterocycles. The SMILES string of the molecule is [2H]c1oc([2H])c(B2OC(C)(C)C(C)(C)O2)c1[2H]. The number of rotatable bonds is 1. The van der Waals surface area contributed by atoms with Crippen LogP contribution in [0.3, 0.4) is 0 Å². The average Bonchev–Trinajstić information content (AvgIpc) is 2.49. The summed E-state index contributed by atoms with van der Waals surface area (Å²) in [6.45, 7) is 7.56. The summed E-state index contributed by atoms with van der Waals surface area (Å²) < 4.78 is 38.8. The van der Waals surface area contributed by atoms with Gasteiger partial charge in [0, 0.05) is 5.46 Å². The van der Waals surface area contributed by atoms with Crippen LogP contribution in [0.5, 0.6) is 0 Å². The molecule has 0 aliphatic carbocycles. The average molecular weight is 197 g/mol. The van der Waals surface area contributed by atoms with E-state index in [1.807, 2.05) is 27.7 Å². The molecule has 0 unspecified atom stereocenters. The maximum Gasteiger partial charge on any atom is 0.498 e. The highest BCUT2D eigenvalue weighted by Crippen LogP contribution is 2.36. The van der Waals surface area contributed by atoms with E-state index in [0.717, 1.165) is 0 Å². The van der Waals surface area contributed by atoms with Gasteiger partial charge in [0.2, 0.25) is 0 Å². The Hall–Kier alpha value is -0.735. The Morgan fingerprint density at radius 1 is 1.21 bits per heavy atom. The molecule has 0 saturated carbocycles. The molecule has 1 aliphatic rings. The fraction of sp³-hybridized carbons (Fsp3) is 0.600. The Kier molecular flexibility index (Phi) is 1.37. The van der Waals surface area contributed by atoms with Crippen molar-refractivity contribution in [3.8, 4) is 0 Å².